The van der Waals surface area contributed by atoms with Crippen molar-refractivity contribution in [3.05, 3.63) is 0 Å². The largest absolute Gasteiger partial charge is 0.356 e. The molecule has 0 aromatic rings. The van der Waals surface area contributed by atoms with Crippen LogP contribution in [0.4, 0.5) is 0 Å². The molecule has 1 aliphatic heterocycles. The predicted molar refractivity (Wildman–Crippen MR) is 39.7 cm³/mol. The highest BCUT2D eigenvalue weighted by Crippen LogP contribution is 2.37. The minimum atomic E-state index is 0.00926. The molecule has 0 amide bonds. The fourth-order valence-electron chi connectivity index (χ4n) is 1.21. The van der Waals surface area contributed by atoms with Crippen LogP contribution in [0.25, 0.3) is 0 Å². The van der Waals surface area contributed by atoms with Crippen molar-refractivity contribution in [1.82, 2.24) is 0 Å². The molecule has 1 saturated heterocycles. The molecular formula is C8H16O2. The van der Waals surface area contributed by atoms with E-state index in [1.807, 2.05) is 0 Å². The van der Waals surface area contributed by atoms with Crippen LogP contribution >= 0.6 is 0 Å². The molecule has 0 aromatic carbocycles. The van der Waals surface area contributed by atoms with Gasteiger partial charge in [-0.3, -0.25) is 0 Å². The first-order chi connectivity index (χ1) is 4.58. The Labute approximate surface area is 62.5 Å². The summed E-state index contributed by atoms with van der Waals surface area (Å²) in [6, 6.07) is 0. The summed E-state index contributed by atoms with van der Waals surface area (Å²) in [5, 5.41) is 0. The van der Waals surface area contributed by atoms with Gasteiger partial charge < -0.3 is 9.47 Å². The molecule has 2 atom stereocenters. The second-order valence-corrected chi connectivity index (χ2v) is 3.69. The van der Waals surface area contributed by atoms with Crippen LogP contribution in [0.15, 0.2) is 0 Å². The minimum absolute atomic E-state index is 0.00926. The van der Waals surface area contributed by atoms with Gasteiger partial charge in [-0.1, -0.05) is 20.8 Å². The molecule has 1 aliphatic rings. The van der Waals surface area contributed by atoms with Crippen molar-refractivity contribution in [1.29, 1.82) is 0 Å². The first-order valence-corrected chi connectivity index (χ1v) is 3.72. The number of hydrogen-bond donors (Lipinski definition) is 0. The molecule has 2 heteroatoms. The van der Waals surface area contributed by atoms with Crippen molar-refractivity contribution < 1.29 is 9.47 Å². The SMILES string of the molecule is COC1OCC(C)(C)C1C. The van der Waals surface area contributed by atoms with Crippen LogP contribution in [0.1, 0.15) is 20.8 Å². The first kappa shape index (κ1) is 8.02. The Morgan fingerprint density at radius 2 is 2.10 bits per heavy atom. The van der Waals surface area contributed by atoms with Crippen LogP contribution in [0.2, 0.25) is 0 Å². The maximum absolute atomic E-state index is 5.41. The lowest BCUT2D eigenvalue weighted by atomic mass is 9.83. The number of ether oxygens (including phenoxy) is 2. The molecule has 1 fully saturated rings. The topological polar surface area (TPSA) is 18.5 Å². The molecule has 0 radical (unpaired) electrons. The van der Waals surface area contributed by atoms with Gasteiger partial charge in [-0.15, -0.1) is 0 Å². The van der Waals surface area contributed by atoms with Crippen LogP contribution < -0.4 is 0 Å². The summed E-state index contributed by atoms with van der Waals surface area (Å²) in [6.45, 7) is 7.39. The molecule has 0 bridgehead atoms. The lowest BCUT2D eigenvalue weighted by Crippen LogP contribution is -2.24. The fourth-order valence-corrected chi connectivity index (χ4v) is 1.21. The van der Waals surface area contributed by atoms with Gasteiger partial charge in [0.1, 0.15) is 0 Å². The average Bonchev–Trinajstić information content (AvgIpc) is 2.10. The average molecular weight is 144 g/mol. The van der Waals surface area contributed by atoms with E-state index in [9.17, 15) is 0 Å². The van der Waals surface area contributed by atoms with Gasteiger partial charge in [-0.2, -0.15) is 0 Å². The second kappa shape index (κ2) is 2.51. The zero-order valence-electron chi connectivity index (χ0n) is 7.18. The normalized spacial score (nSPS) is 38.4. The monoisotopic (exact) mass is 144 g/mol. The molecular weight excluding hydrogens is 128 g/mol. The lowest BCUT2D eigenvalue weighted by molar-refractivity contribution is -0.107. The zero-order chi connectivity index (χ0) is 7.78. The van der Waals surface area contributed by atoms with Gasteiger partial charge in [0, 0.05) is 13.0 Å². The molecule has 1 heterocycles. The molecule has 60 valence electrons. The Hall–Kier alpha value is -0.0800. The van der Waals surface area contributed by atoms with E-state index in [2.05, 4.69) is 20.8 Å². The van der Waals surface area contributed by atoms with E-state index < -0.39 is 0 Å². The molecule has 0 N–H and O–H groups in total. The molecule has 1 rings (SSSR count). The Kier molecular flexibility index (Phi) is 2.02. The summed E-state index contributed by atoms with van der Waals surface area (Å²) in [5.74, 6) is 0.498. The molecule has 0 spiro atoms. The Bertz CT molecular complexity index is 120. The fraction of sp³-hybridized carbons (Fsp3) is 1.00. The third kappa shape index (κ3) is 1.18. The van der Waals surface area contributed by atoms with Gasteiger partial charge in [-0.25, -0.2) is 0 Å². The van der Waals surface area contributed by atoms with E-state index in [1.54, 1.807) is 7.11 Å². The first-order valence-electron chi connectivity index (χ1n) is 3.72. The highest BCUT2D eigenvalue weighted by atomic mass is 16.7. The molecule has 0 saturated carbocycles. The third-order valence-corrected chi connectivity index (χ3v) is 2.49. The summed E-state index contributed by atoms with van der Waals surface area (Å²) >= 11 is 0. The van der Waals surface area contributed by atoms with Crippen molar-refractivity contribution in [3.8, 4) is 0 Å². The number of hydrogen-bond acceptors (Lipinski definition) is 2. The standard InChI is InChI=1S/C8H16O2/c1-6-7(9-4)10-5-8(6,2)3/h6-7H,5H2,1-4H3. The van der Waals surface area contributed by atoms with Crippen LogP contribution in [-0.2, 0) is 9.47 Å². The van der Waals surface area contributed by atoms with E-state index in [-0.39, 0.29) is 11.7 Å². The summed E-state index contributed by atoms with van der Waals surface area (Å²) in [5.41, 5.74) is 0.278. The van der Waals surface area contributed by atoms with Gasteiger partial charge in [0.05, 0.1) is 6.61 Å². The van der Waals surface area contributed by atoms with Gasteiger partial charge in [0.2, 0.25) is 0 Å². The maximum atomic E-state index is 5.41. The quantitative estimate of drug-likeness (QED) is 0.557. The van der Waals surface area contributed by atoms with E-state index >= 15 is 0 Å². The van der Waals surface area contributed by atoms with Crippen LogP contribution in [0.3, 0.4) is 0 Å². The van der Waals surface area contributed by atoms with Gasteiger partial charge in [0.25, 0.3) is 0 Å². The molecule has 2 nitrogen and oxygen atoms in total. The number of methoxy groups -OCH3 is 1. The Morgan fingerprint density at radius 1 is 1.50 bits per heavy atom. The van der Waals surface area contributed by atoms with E-state index in [4.69, 9.17) is 9.47 Å². The summed E-state index contributed by atoms with van der Waals surface area (Å²) in [4.78, 5) is 0. The summed E-state index contributed by atoms with van der Waals surface area (Å²) < 4.78 is 10.5. The Balaban J connectivity index is 2.58. The van der Waals surface area contributed by atoms with Crippen LogP contribution in [-0.4, -0.2) is 20.0 Å². The van der Waals surface area contributed by atoms with Crippen molar-refractivity contribution in [2.24, 2.45) is 11.3 Å². The van der Waals surface area contributed by atoms with Crippen LogP contribution in [0.5, 0.6) is 0 Å². The highest BCUT2D eigenvalue weighted by Gasteiger charge is 2.39. The predicted octanol–water partition coefficient (Wildman–Crippen LogP) is 1.65. The van der Waals surface area contributed by atoms with Gasteiger partial charge in [0.15, 0.2) is 6.29 Å². The number of rotatable bonds is 1. The highest BCUT2D eigenvalue weighted by molar-refractivity contribution is 4.82. The van der Waals surface area contributed by atoms with Crippen molar-refractivity contribution in [3.63, 3.8) is 0 Å². The van der Waals surface area contributed by atoms with E-state index in [0.29, 0.717) is 5.92 Å². The van der Waals surface area contributed by atoms with E-state index in [1.165, 1.54) is 0 Å². The summed E-state index contributed by atoms with van der Waals surface area (Å²) in [7, 11) is 1.70. The van der Waals surface area contributed by atoms with Crippen molar-refractivity contribution in [2.45, 2.75) is 27.1 Å². The lowest BCUT2D eigenvalue weighted by Gasteiger charge is -2.22. The molecule has 2 unspecified atom stereocenters. The Morgan fingerprint density at radius 3 is 2.30 bits per heavy atom. The third-order valence-electron chi connectivity index (χ3n) is 2.49. The van der Waals surface area contributed by atoms with Crippen molar-refractivity contribution in [2.75, 3.05) is 13.7 Å². The molecule has 10 heavy (non-hydrogen) atoms. The van der Waals surface area contributed by atoms with Gasteiger partial charge >= 0.3 is 0 Å². The summed E-state index contributed by atoms with van der Waals surface area (Å²) in [6.07, 6.45) is 0.00926. The maximum Gasteiger partial charge on any atom is 0.160 e. The van der Waals surface area contributed by atoms with E-state index in [0.717, 1.165) is 6.61 Å². The van der Waals surface area contributed by atoms with Crippen molar-refractivity contribution >= 4 is 0 Å². The van der Waals surface area contributed by atoms with Gasteiger partial charge in [-0.05, 0) is 5.41 Å². The zero-order valence-corrected chi connectivity index (χ0v) is 7.18. The molecule has 0 aromatic heterocycles. The van der Waals surface area contributed by atoms with Crippen LogP contribution in [0, 0.1) is 11.3 Å². The smallest absolute Gasteiger partial charge is 0.160 e. The molecule has 0 aliphatic carbocycles. The minimum Gasteiger partial charge on any atom is -0.356 e. The second-order valence-electron chi connectivity index (χ2n) is 3.69.